The fourth-order valence-electron chi connectivity index (χ4n) is 1.32. The van der Waals surface area contributed by atoms with E-state index in [0.717, 1.165) is 6.21 Å². The standard InChI is InChI=1S/C13H13F6NOS/c1-11(2,3)22(21)20-7-8-4-9(12(14,15)16)6-10(5-8)13(17,18)19/h4-7H,1-3H3. The molecule has 0 aliphatic carbocycles. The van der Waals surface area contributed by atoms with E-state index in [1.807, 2.05) is 0 Å². The maximum Gasteiger partial charge on any atom is 0.416 e. The van der Waals surface area contributed by atoms with Gasteiger partial charge in [0.15, 0.2) is 0 Å². The van der Waals surface area contributed by atoms with Gasteiger partial charge in [-0.15, -0.1) is 0 Å². The van der Waals surface area contributed by atoms with Gasteiger partial charge in [-0.2, -0.15) is 30.7 Å². The molecule has 0 aliphatic rings. The van der Waals surface area contributed by atoms with Crippen LogP contribution in [0.25, 0.3) is 0 Å². The summed E-state index contributed by atoms with van der Waals surface area (Å²) in [6.45, 7) is 4.73. The lowest BCUT2D eigenvalue weighted by atomic mass is 10.1. The van der Waals surface area contributed by atoms with Crippen molar-refractivity contribution in [1.29, 1.82) is 0 Å². The molecule has 0 spiro atoms. The van der Waals surface area contributed by atoms with E-state index in [1.165, 1.54) is 0 Å². The van der Waals surface area contributed by atoms with Crippen LogP contribution in [0.4, 0.5) is 26.3 Å². The molecule has 2 nitrogen and oxygen atoms in total. The molecular formula is C13H13F6NOS. The molecule has 1 atom stereocenters. The Kier molecular flexibility index (Phi) is 5.11. The van der Waals surface area contributed by atoms with Crippen LogP contribution in [0.5, 0.6) is 0 Å². The minimum Gasteiger partial charge on any atom is -0.234 e. The smallest absolute Gasteiger partial charge is 0.234 e. The first-order valence-electron chi connectivity index (χ1n) is 5.97. The zero-order valence-corrected chi connectivity index (χ0v) is 12.7. The summed E-state index contributed by atoms with van der Waals surface area (Å²) in [6, 6.07) is 1.08. The molecule has 0 fully saturated rings. The average Bonchev–Trinajstić information content (AvgIpc) is 2.32. The fraction of sp³-hybridized carbons (Fsp3) is 0.462. The molecule has 9 heteroatoms. The van der Waals surface area contributed by atoms with Gasteiger partial charge in [-0.3, -0.25) is 0 Å². The van der Waals surface area contributed by atoms with E-state index in [0.29, 0.717) is 12.1 Å². The maximum atomic E-state index is 12.7. The van der Waals surface area contributed by atoms with E-state index < -0.39 is 44.8 Å². The molecule has 0 radical (unpaired) electrons. The van der Waals surface area contributed by atoms with Gasteiger partial charge in [-0.05, 0) is 44.5 Å². The van der Waals surface area contributed by atoms with Crippen LogP contribution in [0.15, 0.2) is 22.6 Å². The first kappa shape index (κ1) is 18.7. The van der Waals surface area contributed by atoms with Crippen LogP contribution in [-0.2, 0) is 23.3 Å². The zero-order chi connectivity index (χ0) is 17.3. The average molecular weight is 345 g/mol. The van der Waals surface area contributed by atoms with Crippen molar-refractivity contribution < 1.29 is 30.6 Å². The second-order valence-electron chi connectivity index (χ2n) is 5.44. The topological polar surface area (TPSA) is 29.4 Å². The predicted octanol–water partition coefficient (Wildman–Crippen LogP) is 4.61. The van der Waals surface area contributed by atoms with Gasteiger partial charge in [0, 0.05) is 6.21 Å². The quantitative estimate of drug-likeness (QED) is 0.569. The van der Waals surface area contributed by atoms with Gasteiger partial charge < -0.3 is 0 Å². The minimum absolute atomic E-state index is 0.0259. The van der Waals surface area contributed by atoms with E-state index in [-0.39, 0.29) is 6.07 Å². The number of hydrogen-bond acceptors (Lipinski definition) is 1. The summed E-state index contributed by atoms with van der Waals surface area (Å²) in [6.07, 6.45) is -9.09. The predicted molar refractivity (Wildman–Crippen MR) is 71.9 cm³/mol. The zero-order valence-electron chi connectivity index (χ0n) is 11.8. The third-order valence-corrected chi connectivity index (χ3v) is 3.78. The lowest BCUT2D eigenvalue weighted by molar-refractivity contribution is -0.143. The molecule has 0 heterocycles. The van der Waals surface area contributed by atoms with Crippen molar-refractivity contribution in [1.82, 2.24) is 0 Å². The molecular weight excluding hydrogens is 332 g/mol. The molecule has 0 bridgehead atoms. The first-order valence-corrected chi connectivity index (χ1v) is 7.07. The maximum absolute atomic E-state index is 12.7. The molecule has 0 amide bonds. The van der Waals surface area contributed by atoms with Gasteiger partial charge in [0.25, 0.3) is 0 Å². The Morgan fingerprint density at radius 1 is 0.909 bits per heavy atom. The molecule has 0 aliphatic heterocycles. The summed E-state index contributed by atoms with van der Waals surface area (Å²) in [5, 5.41) is 0. The van der Waals surface area contributed by atoms with Crippen LogP contribution in [0.1, 0.15) is 37.5 Å². The molecule has 124 valence electrons. The Hall–Kier alpha value is -1.38. The molecule has 22 heavy (non-hydrogen) atoms. The van der Waals surface area contributed by atoms with Crippen molar-refractivity contribution in [2.24, 2.45) is 4.40 Å². The fourth-order valence-corrected chi connectivity index (χ4v) is 1.85. The van der Waals surface area contributed by atoms with Crippen LogP contribution in [0, 0.1) is 0 Å². The van der Waals surface area contributed by atoms with Gasteiger partial charge in [0.1, 0.15) is 11.0 Å². The molecule has 1 rings (SSSR count). The molecule has 1 unspecified atom stereocenters. The van der Waals surface area contributed by atoms with Crippen molar-refractivity contribution in [3.05, 3.63) is 34.9 Å². The molecule has 0 N–H and O–H groups in total. The highest BCUT2D eigenvalue weighted by molar-refractivity contribution is 7.85. The number of halogens is 6. The number of nitrogens with zero attached hydrogens (tertiary/aromatic N) is 1. The van der Waals surface area contributed by atoms with Crippen LogP contribution in [0.3, 0.4) is 0 Å². The summed E-state index contributed by atoms with van der Waals surface area (Å²) in [5.74, 6) is 0. The van der Waals surface area contributed by atoms with Crippen molar-refractivity contribution >= 4 is 17.2 Å². The van der Waals surface area contributed by atoms with Crippen molar-refractivity contribution in [2.75, 3.05) is 0 Å². The van der Waals surface area contributed by atoms with Crippen molar-refractivity contribution in [2.45, 2.75) is 37.9 Å². The molecule has 0 saturated heterocycles. The summed E-state index contributed by atoms with van der Waals surface area (Å²) in [5.41, 5.74) is -3.30. The van der Waals surface area contributed by atoms with Crippen molar-refractivity contribution in [3.8, 4) is 0 Å². The molecule has 1 aromatic carbocycles. The normalized spacial score (nSPS) is 15.3. The van der Waals surface area contributed by atoms with Gasteiger partial charge in [0.05, 0.1) is 15.9 Å². The van der Waals surface area contributed by atoms with Crippen LogP contribution in [-0.4, -0.2) is 15.2 Å². The molecule has 0 aromatic heterocycles. The Morgan fingerprint density at radius 2 is 1.32 bits per heavy atom. The lowest BCUT2D eigenvalue weighted by Gasteiger charge is -2.14. The van der Waals surface area contributed by atoms with Gasteiger partial charge in [-0.1, -0.05) is 0 Å². The largest absolute Gasteiger partial charge is 0.416 e. The highest BCUT2D eigenvalue weighted by atomic mass is 32.2. The third kappa shape index (κ3) is 5.11. The number of alkyl halides is 6. The number of hydrogen-bond donors (Lipinski definition) is 0. The van der Waals surface area contributed by atoms with E-state index >= 15 is 0 Å². The van der Waals surface area contributed by atoms with E-state index in [4.69, 9.17) is 0 Å². The number of benzene rings is 1. The van der Waals surface area contributed by atoms with E-state index in [1.54, 1.807) is 20.8 Å². The summed E-state index contributed by atoms with van der Waals surface area (Å²) in [7, 11) is -1.79. The minimum atomic E-state index is -4.92. The number of rotatable bonds is 2. The monoisotopic (exact) mass is 345 g/mol. The lowest BCUT2D eigenvalue weighted by Crippen LogP contribution is -2.19. The SMILES string of the molecule is CC(C)(C)S(=O)N=Cc1cc(C(F)(F)F)cc(C(F)(F)F)c1. The summed E-state index contributed by atoms with van der Waals surface area (Å²) >= 11 is 0. The van der Waals surface area contributed by atoms with Crippen LogP contribution in [0.2, 0.25) is 0 Å². The van der Waals surface area contributed by atoms with Crippen LogP contribution < -0.4 is 0 Å². The molecule has 1 aromatic rings. The second kappa shape index (κ2) is 6.02. The van der Waals surface area contributed by atoms with E-state index in [2.05, 4.69) is 4.40 Å². The van der Waals surface area contributed by atoms with Gasteiger partial charge in [-0.25, -0.2) is 4.21 Å². The van der Waals surface area contributed by atoms with Gasteiger partial charge in [0.2, 0.25) is 0 Å². The highest BCUT2D eigenvalue weighted by Gasteiger charge is 2.36. The Labute approximate surface area is 125 Å². The summed E-state index contributed by atoms with van der Waals surface area (Å²) in [4.78, 5) is 0. The third-order valence-electron chi connectivity index (χ3n) is 2.43. The van der Waals surface area contributed by atoms with Crippen LogP contribution >= 0.6 is 0 Å². The van der Waals surface area contributed by atoms with E-state index in [9.17, 15) is 30.6 Å². The second-order valence-corrected chi connectivity index (χ2v) is 7.37. The Morgan fingerprint density at radius 3 is 1.64 bits per heavy atom. The Balaban J connectivity index is 3.31. The van der Waals surface area contributed by atoms with Crippen molar-refractivity contribution in [3.63, 3.8) is 0 Å². The molecule has 0 saturated carbocycles. The first-order chi connectivity index (χ1) is 9.71. The highest BCUT2D eigenvalue weighted by Crippen LogP contribution is 2.36. The Bertz CT molecular complexity index is 566. The van der Waals surface area contributed by atoms with Gasteiger partial charge >= 0.3 is 12.4 Å². The summed E-state index contributed by atoms with van der Waals surface area (Å²) < 4.78 is 90.3.